The minimum absolute atomic E-state index is 0.0413. The number of nitrogens with zero attached hydrogens (tertiary/aromatic N) is 1. The Bertz CT molecular complexity index is 1010. The van der Waals surface area contributed by atoms with Crippen LogP contribution in [0.3, 0.4) is 0 Å². The number of carbonyl (C=O) groups excluding carboxylic acids is 1. The molecule has 0 heterocycles. The van der Waals surface area contributed by atoms with Crippen molar-refractivity contribution in [1.29, 1.82) is 0 Å². The molecule has 0 spiro atoms. The van der Waals surface area contributed by atoms with Crippen LogP contribution in [-0.4, -0.2) is 65.8 Å². The van der Waals surface area contributed by atoms with Crippen molar-refractivity contribution >= 4 is 6.09 Å². The molecule has 0 aliphatic heterocycles. The molecule has 0 fully saturated rings. The molecule has 0 bridgehead atoms. The Balaban J connectivity index is 3.54. The third-order valence-corrected chi connectivity index (χ3v) is 5.17. The summed E-state index contributed by atoms with van der Waals surface area (Å²) in [7, 11) is 0. The molecule has 39 heavy (non-hydrogen) atoms. The third kappa shape index (κ3) is 5.02. The van der Waals surface area contributed by atoms with E-state index in [1.807, 2.05) is 0 Å². The Morgan fingerprint density at radius 2 is 0.923 bits per heavy atom. The first-order chi connectivity index (χ1) is 17.1. The van der Waals surface area contributed by atoms with Crippen LogP contribution in [0.15, 0.2) is 24.3 Å². The zero-order chi connectivity index (χ0) is 31.3. The first-order valence-electron chi connectivity index (χ1n) is 9.92. The highest BCUT2D eigenvalue weighted by molar-refractivity contribution is 5.70. The summed E-state index contributed by atoms with van der Waals surface area (Å²) in [6.45, 7) is 2.99. The number of hydrogen-bond acceptors (Lipinski definition) is 2. The van der Waals surface area contributed by atoms with Gasteiger partial charge < -0.3 is 9.64 Å². The predicted octanol–water partition coefficient (Wildman–Crippen LogP) is 7.99. The number of ether oxygens (including phenoxy) is 1. The first-order valence-corrected chi connectivity index (χ1v) is 9.92. The van der Waals surface area contributed by atoms with Crippen molar-refractivity contribution in [2.24, 2.45) is 0 Å². The Hall–Kier alpha value is -2.70. The van der Waals surface area contributed by atoms with Crippen LogP contribution in [-0.2, 0) is 5.92 Å². The molecule has 0 aliphatic carbocycles. The molecule has 0 aliphatic rings. The van der Waals surface area contributed by atoms with E-state index in [0.717, 1.165) is 4.90 Å². The molecule has 20 heteroatoms. The van der Waals surface area contributed by atoms with E-state index in [2.05, 4.69) is 4.74 Å². The number of benzene rings is 1. The standard InChI is InChI=1S/C19H14F17NO2/c1-3-37(4-2)11(38)39-10-7-5-9(6-8-10)12(20,21)13(22,23)14(24,25)15(26,27)16(28,29)17(30,31)18(32,33)19(34,35)36/h5-8H,3-4H2,1-2H3. The van der Waals surface area contributed by atoms with Crippen molar-refractivity contribution in [1.82, 2.24) is 4.90 Å². The summed E-state index contributed by atoms with van der Waals surface area (Å²) in [5, 5.41) is 0. The van der Waals surface area contributed by atoms with E-state index >= 15 is 0 Å². The third-order valence-electron chi connectivity index (χ3n) is 5.17. The summed E-state index contributed by atoms with van der Waals surface area (Å²) < 4.78 is 232. The molecule has 0 unspecified atom stereocenters. The van der Waals surface area contributed by atoms with Crippen molar-refractivity contribution in [3.05, 3.63) is 29.8 Å². The van der Waals surface area contributed by atoms with Gasteiger partial charge in [-0.1, -0.05) is 0 Å². The molecule has 0 atom stereocenters. The largest absolute Gasteiger partial charge is 0.460 e. The maximum Gasteiger partial charge on any atom is 0.460 e. The quantitative estimate of drug-likeness (QED) is 0.251. The summed E-state index contributed by atoms with van der Waals surface area (Å²) in [6.07, 6.45) is -8.95. The Labute approximate surface area is 206 Å². The lowest BCUT2D eigenvalue weighted by molar-refractivity contribution is -0.462. The highest BCUT2D eigenvalue weighted by Crippen LogP contribution is 2.65. The second-order valence-corrected chi connectivity index (χ2v) is 7.58. The molecular formula is C19H14F17NO2. The molecule has 0 saturated heterocycles. The smallest absolute Gasteiger partial charge is 0.410 e. The molecule has 1 amide bonds. The molecular weight excluding hydrogens is 597 g/mol. The second kappa shape index (κ2) is 10.0. The maximum atomic E-state index is 14.3. The highest BCUT2D eigenvalue weighted by atomic mass is 19.4. The van der Waals surface area contributed by atoms with Crippen molar-refractivity contribution in [2.75, 3.05) is 13.1 Å². The lowest BCUT2D eigenvalue weighted by Crippen LogP contribution is -2.74. The monoisotopic (exact) mass is 611 g/mol. The number of hydrogen-bond donors (Lipinski definition) is 0. The second-order valence-electron chi connectivity index (χ2n) is 7.58. The number of rotatable bonds is 10. The molecule has 3 nitrogen and oxygen atoms in total. The number of alkyl halides is 17. The van der Waals surface area contributed by atoms with E-state index in [-0.39, 0.29) is 37.4 Å². The molecule has 0 N–H and O–H groups in total. The average Bonchev–Trinajstić information content (AvgIpc) is 2.78. The van der Waals surface area contributed by atoms with Gasteiger partial charge in [0.05, 0.1) is 0 Å². The highest BCUT2D eigenvalue weighted by Gasteiger charge is 2.95. The van der Waals surface area contributed by atoms with Crippen LogP contribution in [0.5, 0.6) is 5.75 Å². The fraction of sp³-hybridized carbons (Fsp3) is 0.632. The summed E-state index contributed by atoms with van der Waals surface area (Å²) in [5.74, 6) is -57.8. The predicted molar refractivity (Wildman–Crippen MR) is 95.0 cm³/mol. The van der Waals surface area contributed by atoms with Gasteiger partial charge in [0.1, 0.15) is 5.75 Å². The Morgan fingerprint density at radius 3 is 1.26 bits per heavy atom. The van der Waals surface area contributed by atoms with Gasteiger partial charge in [0.15, 0.2) is 0 Å². The molecule has 0 radical (unpaired) electrons. The van der Waals surface area contributed by atoms with Crippen molar-refractivity contribution in [3.63, 3.8) is 0 Å². The van der Waals surface area contributed by atoms with Gasteiger partial charge >= 0.3 is 53.7 Å². The molecule has 0 aromatic heterocycles. The van der Waals surface area contributed by atoms with Crippen molar-refractivity contribution in [3.8, 4) is 5.75 Å². The van der Waals surface area contributed by atoms with E-state index in [1.165, 1.54) is 13.8 Å². The van der Waals surface area contributed by atoms with Crippen LogP contribution in [0.4, 0.5) is 79.4 Å². The van der Waals surface area contributed by atoms with Gasteiger partial charge in [0.2, 0.25) is 0 Å². The van der Waals surface area contributed by atoms with Crippen LogP contribution < -0.4 is 4.74 Å². The van der Waals surface area contributed by atoms with Crippen LogP contribution in [0.1, 0.15) is 19.4 Å². The van der Waals surface area contributed by atoms with Gasteiger partial charge in [-0.2, -0.15) is 74.6 Å². The van der Waals surface area contributed by atoms with Gasteiger partial charge in [-0.05, 0) is 38.1 Å². The van der Waals surface area contributed by atoms with Gasteiger partial charge in [-0.15, -0.1) is 0 Å². The summed E-state index contributed by atoms with van der Waals surface area (Å²) >= 11 is 0. The minimum atomic E-state index is -8.69. The maximum absolute atomic E-state index is 14.3. The lowest BCUT2D eigenvalue weighted by Gasteiger charge is -2.42. The number of carbonyl (C=O) groups is 1. The van der Waals surface area contributed by atoms with Gasteiger partial charge in [-0.25, -0.2) is 4.79 Å². The lowest BCUT2D eigenvalue weighted by atomic mass is 9.87. The van der Waals surface area contributed by atoms with Gasteiger partial charge in [-0.3, -0.25) is 0 Å². The number of amides is 1. The summed E-state index contributed by atoms with van der Waals surface area (Å²) in [4.78, 5) is 12.7. The van der Waals surface area contributed by atoms with E-state index in [1.54, 1.807) is 0 Å². The number of halogens is 17. The van der Waals surface area contributed by atoms with E-state index < -0.39 is 65.0 Å². The normalized spacial score (nSPS) is 14.8. The van der Waals surface area contributed by atoms with Crippen LogP contribution in [0.25, 0.3) is 0 Å². The fourth-order valence-electron chi connectivity index (χ4n) is 2.72. The molecule has 1 aromatic rings. The topological polar surface area (TPSA) is 29.5 Å². The SMILES string of the molecule is CCN(CC)C(=O)Oc1ccc(C(F)(F)C(F)(F)C(F)(F)C(F)(F)C(F)(F)C(F)(F)C(F)(F)C(F)(F)F)cc1. The fourth-order valence-corrected chi connectivity index (χ4v) is 2.72. The summed E-state index contributed by atoms with van der Waals surface area (Å²) in [6, 6.07) is -0.109. The molecule has 226 valence electrons. The van der Waals surface area contributed by atoms with Crippen LogP contribution in [0.2, 0.25) is 0 Å². The summed E-state index contributed by atoms with van der Waals surface area (Å²) in [5.41, 5.74) is -2.40. The van der Waals surface area contributed by atoms with Gasteiger partial charge in [0.25, 0.3) is 0 Å². The van der Waals surface area contributed by atoms with E-state index in [4.69, 9.17) is 0 Å². The van der Waals surface area contributed by atoms with E-state index in [0.29, 0.717) is 0 Å². The zero-order valence-corrected chi connectivity index (χ0v) is 18.9. The Kier molecular flexibility index (Phi) is 8.84. The molecule has 1 rings (SSSR count). The van der Waals surface area contributed by atoms with Crippen molar-refractivity contribution in [2.45, 2.75) is 61.5 Å². The van der Waals surface area contributed by atoms with Crippen LogP contribution in [0, 0.1) is 0 Å². The minimum Gasteiger partial charge on any atom is -0.410 e. The Morgan fingerprint density at radius 1 is 0.590 bits per heavy atom. The molecule has 0 saturated carbocycles. The average molecular weight is 611 g/mol. The molecule has 1 aromatic carbocycles. The van der Waals surface area contributed by atoms with Crippen LogP contribution >= 0.6 is 0 Å². The van der Waals surface area contributed by atoms with Gasteiger partial charge in [0, 0.05) is 18.7 Å². The van der Waals surface area contributed by atoms with Crippen molar-refractivity contribution < 1.29 is 84.2 Å². The first kappa shape index (κ1) is 34.3. The zero-order valence-electron chi connectivity index (χ0n) is 18.9. The van der Waals surface area contributed by atoms with E-state index in [9.17, 15) is 79.4 Å².